The van der Waals surface area contributed by atoms with E-state index in [2.05, 4.69) is 65.0 Å². The maximum atomic E-state index is 12.6. The summed E-state index contributed by atoms with van der Waals surface area (Å²) >= 11 is 3.58. The maximum Gasteiger partial charge on any atom is 0.281 e. The topological polar surface area (TPSA) is 34.9 Å². The van der Waals surface area contributed by atoms with Gasteiger partial charge in [0.05, 0.1) is 16.9 Å². The maximum absolute atomic E-state index is 12.6. The molecule has 1 aliphatic rings. The van der Waals surface area contributed by atoms with Gasteiger partial charge < -0.3 is 4.57 Å². The van der Waals surface area contributed by atoms with E-state index in [4.69, 9.17) is 0 Å². The lowest BCUT2D eigenvalue weighted by Crippen LogP contribution is -2.33. The summed E-state index contributed by atoms with van der Waals surface area (Å²) in [6.45, 7) is 2.11. The third-order valence-corrected chi connectivity index (χ3v) is 7.81. The molecule has 0 bridgehead atoms. The van der Waals surface area contributed by atoms with E-state index in [-0.39, 0.29) is 11.6 Å². The van der Waals surface area contributed by atoms with E-state index >= 15 is 0 Å². The molecule has 0 fully saturated rings. The first-order chi connectivity index (χ1) is 14.2. The van der Waals surface area contributed by atoms with Gasteiger partial charge in [0, 0.05) is 15.9 Å². The molecule has 0 saturated carbocycles. The summed E-state index contributed by atoms with van der Waals surface area (Å²) in [6.07, 6.45) is 0. The summed E-state index contributed by atoms with van der Waals surface area (Å²) in [4.78, 5) is 18.3. The molecule has 144 valence electrons. The molecule has 3 aromatic carbocycles. The average Bonchev–Trinajstić information content (AvgIpc) is 2.76. The van der Waals surface area contributed by atoms with Gasteiger partial charge in [-0.15, -0.1) is 11.8 Å². The van der Waals surface area contributed by atoms with Gasteiger partial charge in [-0.2, -0.15) is 4.98 Å². The van der Waals surface area contributed by atoms with Crippen molar-refractivity contribution in [1.29, 1.82) is 0 Å². The van der Waals surface area contributed by atoms with Crippen LogP contribution >= 0.6 is 23.5 Å². The molecule has 5 rings (SSSR count). The minimum Gasteiger partial charge on any atom is -0.311 e. The summed E-state index contributed by atoms with van der Waals surface area (Å²) in [6, 6.07) is 27.2. The van der Waals surface area contributed by atoms with Gasteiger partial charge in [-0.3, -0.25) is 4.79 Å². The Hall–Kier alpha value is -2.50. The van der Waals surface area contributed by atoms with Gasteiger partial charge in [0.25, 0.3) is 5.56 Å². The predicted molar refractivity (Wildman–Crippen MR) is 122 cm³/mol. The van der Waals surface area contributed by atoms with Gasteiger partial charge in [0.15, 0.2) is 5.16 Å². The van der Waals surface area contributed by atoms with Gasteiger partial charge in [-0.1, -0.05) is 71.9 Å². The lowest BCUT2D eigenvalue weighted by Gasteiger charge is -2.35. The molecule has 0 aliphatic carbocycles. The predicted octanol–water partition coefficient (Wildman–Crippen LogP) is 5.56. The van der Waals surface area contributed by atoms with Crippen LogP contribution in [0.1, 0.15) is 17.2 Å². The van der Waals surface area contributed by atoms with Crippen molar-refractivity contribution in [3.8, 4) is 0 Å². The van der Waals surface area contributed by atoms with Crippen LogP contribution in [0.5, 0.6) is 0 Å². The Balaban J connectivity index is 1.68. The molecule has 0 amide bonds. The number of hydrogen-bond acceptors (Lipinski definition) is 4. The minimum atomic E-state index is -0.143. The highest BCUT2D eigenvalue weighted by Crippen LogP contribution is 2.44. The third-order valence-electron chi connectivity index (χ3n) is 5.25. The SMILES string of the molecule is Cc1ccc(S[C@H]2CSc3nc(=O)c4ccccc4n3[C@H]2c2ccccc2)cc1. The molecule has 1 aliphatic heterocycles. The van der Waals surface area contributed by atoms with E-state index < -0.39 is 0 Å². The second-order valence-corrected chi connectivity index (χ2v) is 9.52. The molecule has 0 unspecified atom stereocenters. The minimum absolute atomic E-state index is 0.108. The van der Waals surface area contributed by atoms with Crippen LogP contribution in [-0.4, -0.2) is 20.6 Å². The summed E-state index contributed by atoms with van der Waals surface area (Å²) in [5, 5.41) is 1.81. The first-order valence-electron chi connectivity index (χ1n) is 9.63. The van der Waals surface area contributed by atoms with E-state index in [0.717, 1.165) is 16.4 Å². The zero-order valence-corrected chi connectivity index (χ0v) is 17.6. The van der Waals surface area contributed by atoms with Crippen molar-refractivity contribution < 1.29 is 0 Å². The number of aromatic nitrogens is 2. The van der Waals surface area contributed by atoms with Crippen molar-refractivity contribution in [2.24, 2.45) is 0 Å². The normalized spacial score (nSPS) is 18.5. The third kappa shape index (κ3) is 3.49. The van der Waals surface area contributed by atoms with Crippen LogP contribution in [0, 0.1) is 6.92 Å². The van der Waals surface area contributed by atoms with Gasteiger partial charge >= 0.3 is 0 Å². The number of thioether (sulfide) groups is 2. The number of para-hydroxylation sites is 1. The average molecular weight is 417 g/mol. The molecular weight excluding hydrogens is 396 g/mol. The number of fused-ring (bicyclic) bond motifs is 3. The molecule has 1 aromatic heterocycles. The van der Waals surface area contributed by atoms with Gasteiger partial charge in [-0.25, -0.2) is 0 Å². The first kappa shape index (κ1) is 18.5. The number of aryl methyl sites for hydroxylation is 1. The van der Waals surface area contributed by atoms with Crippen LogP contribution in [0.2, 0.25) is 0 Å². The van der Waals surface area contributed by atoms with Crippen molar-refractivity contribution in [3.05, 3.63) is 100 Å². The largest absolute Gasteiger partial charge is 0.311 e. The Morgan fingerprint density at radius 3 is 2.48 bits per heavy atom. The molecule has 4 aromatic rings. The fourth-order valence-corrected chi connectivity index (χ4v) is 6.38. The van der Waals surface area contributed by atoms with Crippen molar-refractivity contribution in [1.82, 2.24) is 9.55 Å². The lowest BCUT2D eigenvalue weighted by molar-refractivity contribution is 0.524. The van der Waals surface area contributed by atoms with E-state index in [9.17, 15) is 4.79 Å². The zero-order chi connectivity index (χ0) is 19.8. The Labute approximate surface area is 178 Å². The van der Waals surface area contributed by atoms with Crippen molar-refractivity contribution in [2.45, 2.75) is 28.3 Å². The van der Waals surface area contributed by atoms with Crippen LogP contribution < -0.4 is 5.56 Å². The Morgan fingerprint density at radius 2 is 1.69 bits per heavy atom. The van der Waals surface area contributed by atoms with Crippen LogP contribution in [0.15, 0.2) is 93.7 Å². The molecule has 0 radical (unpaired) electrons. The van der Waals surface area contributed by atoms with Crippen molar-refractivity contribution in [3.63, 3.8) is 0 Å². The van der Waals surface area contributed by atoms with Crippen LogP contribution in [0.25, 0.3) is 10.9 Å². The standard InChI is InChI=1S/C24H20N2OS2/c1-16-11-13-18(14-12-16)29-21-15-28-24-25-23(27)19-9-5-6-10-20(19)26(24)22(21)17-7-3-2-4-8-17/h2-14,21-22H,15H2,1H3/t21-,22-/m0/s1. The fraction of sp³-hybridized carbons (Fsp3) is 0.167. The summed E-state index contributed by atoms with van der Waals surface area (Å²) in [7, 11) is 0. The smallest absolute Gasteiger partial charge is 0.281 e. The molecular formula is C24H20N2OS2. The molecule has 0 N–H and O–H groups in total. The van der Waals surface area contributed by atoms with Crippen LogP contribution in [0.4, 0.5) is 0 Å². The fourth-order valence-electron chi connectivity index (χ4n) is 3.86. The number of benzene rings is 3. The molecule has 0 saturated heterocycles. The van der Waals surface area contributed by atoms with E-state index in [0.29, 0.717) is 10.6 Å². The number of hydrogen-bond donors (Lipinski definition) is 0. The molecule has 3 nitrogen and oxygen atoms in total. The molecule has 2 atom stereocenters. The Kier molecular flexibility index (Phi) is 4.94. The van der Waals surface area contributed by atoms with E-state index in [1.54, 1.807) is 11.8 Å². The lowest BCUT2D eigenvalue weighted by atomic mass is 10.0. The Morgan fingerprint density at radius 1 is 0.966 bits per heavy atom. The van der Waals surface area contributed by atoms with E-state index in [1.165, 1.54) is 16.0 Å². The summed E-state index contributed by atoms with van der Waals surface area (Å²) in [5.41, 5.74) is 3.33. The highest BCUT2D eigenvalue weighted by molar-refractivity contribution is 8.03. The van der Waals surface area contributed by atoms with Crippen LogP contribution in [0.3, 0.4) is 0 Å². The highest BCUT2D eigenvalue weighted by atomic mass is 32.2. The second kappa shape index (κ2) is 7.73. The summed E-state index contributed by atoms with van der Waals surface area (Å²) < 4.78 is 2.27. The molecule has 0 spiro atoms. The zero-order valence-electron chi connectivity index (χ0n) is 16.0. The van der Waals surface area contributed by atoms with E-state index in [1.807, 2.05) is 42.1 Å². The monoisotopic (exact) mass is 416 g/mol. The Bertz CT molecular complexity index is 1220. The summed E-state index contributed by atoms with van der Waals surface area (Å²) in [5.74, 6) is 0.906. The molecule has 2 heterocycles. The molecule has 29 heavy (non-hydrogen) atoms. The van der Waals surface area contributed by atoms with Crippen LogP contribution in [-0.2, 0) is 0 Å². The van der Waals surface area contributed by atoms with Gasteiger partial charge in [0.1, 0.15) is 0 Å². The second-order valence-electron chi connectivity index (χ2n) is 7.22. The number of nitrogens with zero attached hydrogens (tertiary/aromatic N) is 2. The quantitative estimate of drug-likeness (QED) is 0.410. The molecule has 5 heteroatoms. The highest BCUT2D eigenvalue weighted by Gasteiger charge is 2.33. The first-order valence-corrected chi connectivity index (χ1v) is 11.5. The number of rotatable bonds is 3. The van der Waals surface area contributed by atoms with Crippen molar-refractivity contribution >= 4 is 34.4 Å². The van der Waals surface area contributed by atoms with Gasteiger partial charge in [0.2, 0.25) is 0 Å². The van der Waals surface area contributed by atoms with Gasteiger partial charge in [-0.05, 0) is 36.8 Å². The van der Waals surface area contributed by atoms with Crippen molar-refractivity contribution in [2.75, 3.05) is 5.75 Å².